The molecule has 1 heterocycles. The van der Waals surface area contributed by atoms with Gasteiger partial charge in [0.05, 0.1) is 25.9 Å². The van der Waals surface area contributed by atoms with Gasteiger partial charge in [-0.05, 0) is 18.6 Å². The molecule has 1 atom stereocenters. The van der Waals surface area contributed by atoms with Gasteiger partial charge in [0.1, 0.15) is 11.5 Å². The molecule has 0 bridgehead atoms. The number of thioether (sulfide) groups is 1. The lowest BCUT2D eigenvalue weighted by atomic mass is 10.2. The predicted molar refractivity (Wildman–Crippen MR) is 77.1 cm³/mol. The van der Waals surface area contributed by atoms with Gasteiger partial charge in [-0.3, -0.25) is 4.99 Å². The lowest BCUT2D eigenvalue weighted by Crippen LogP contribution is -2.06. The molecule has 0 aliphatic carbocycles. The molecule has 1 unspecified atom stereocenters. The lowest BCUT2D eigenvalue weighted by molar-refractivity contribution is 0.395. The van der Waals surface area contributed by atoms with Crippen LogP contribution in [0.1, 0.15) is 13.3 Å². The fourth-order valence-electron chi connectivity index (χ4n) is 1.71. The second-order valence-corrected chi connectivity index (χ2v) is 5.01. The minimum absolute atomic E-state index is 0.432. The summed E-state index contributed by atoms with van der Waals surface area (Å²) >= 11 is 1.75. The maximum Gasteiger partial charge on any atom is 0.161 e. The van der Waals surface area contributed by atoms with E-state index >= 15 is 0 Å². The van der Waals surface area contributed by atoms with E-state index in [4.69, 9.17) is 9.47 Å². The zero-order valence-electron chi connectivity index (χ0n) is 10.9. The number of benzene rings is 1. The average Bonchev–Trinajstić information content (AvgIpc) is 2.87. The Morgan fingerprint density at radius 3 is 2.83 bits per heavy atom. The average molecular weight is 266 g/mol. The highest BCUT2D eigenvalue weighted by Gasteiger charge is 2.17. The molecule has 0 fully saturated rings. The van der Waals surface area contributed by atoms with Crippen molar-refractivity contribution in [3.8, 4) is 11.5 Å². The molecule has 1 N–H and O–H groups in total. The van der Waals surface area contributed by atoms with Gasteiger partial charge in [0.15, 0.2) is 5.17 Å². The highest BCUT2D eigenvalue weighted by Crippen LogP contribution is 2.31. The Bertz CT molecular complexity index is 449. The van der Waals surface area contributed by atoms with Crippen molar-refractivity contribution in [3.05, 3.63) is 18.2 Å². The summed E-state index contributed by atoms with van der Waals surface area (Å²) < 4.78 is 10.5. The van der Waals surface area contributed by atoms with Gasteiger partial charge in [-0.25, -0.2) is 0 Å². The second kappa shape index (κ2) is 6.00. The van der Waals surface area contributed by atoms with E-state index in [1.807, 2.05) is 18.2 Å². The Morgan fingerprint density at radius 2 is 2.22 bits per heavy atom. The van der Waals surface area contributed by atoms with Crippen LogP contribution in [-0.4, -0.2) is 31.2 Å². The fourth-order valence-corrected chi connectivity index (χ4v) is 2.78. The van der Waals surface area contributed by atoms with Crippen molar-refractivity contribution >= 4 is 22.6 Å². The maximum atomic E-state index is 5.34. The van der Waals surface area contributed by atoms with E-state index in [0.717, 1.165) is 34.5 Å². The number of ether oxygens (including phenoxy) is 2. The zero-order valence-corrected chi connectivity index (χ0v) is 11.7. The Kier molecular flexibility index (Phi) is 4.36. The molecule has 0 saturated carbocycles. The quantitative estimate of drug-likeness (QED) is 0.909. The summed E-state index contributed by atoms with van der Waals surface area (Å²) in [5, 5.41) is 4.27. The van der Waals surface area contributed by atoms with Crippen LogP contribution in [0, 0.1) is 0 Å². The topological polar surface area (TPSA) is 42.8 Å². The molecule has 1 aromatic rings. The predicted octanol–water partition coefficient (Wildman–Crippen LogP) is 3.00. The third-order valence-corrected chi connectivity index (χ3v) is 3.87. The zero-order chi connectivity index (χ0) is 13.0. The number of nitrogens with zero attached hydrogens (tertiary/aromatic N) is 1. The second-order valence-electron chi connectivity index (χ2n) is 4.00. The number of nitrogens with one attached hydrogen (secondary N) is 1. The number of anilines is 1. The molecule has 0 spiro atoms. The molecule has 1 aliphatic rings. The van der Waals surface area contributed by atoms with E-state index in [1.165, 1.54) is 0 Å². The Labute approximate surface area is 112 Å². The molecule has 0 aromatic heterocycles. The van der Waals surface area contributed by atoms with Crippen molar-refractivity contribution in [1.29, 1.82) is 0 Å². The molecule has 0 amide bonds. The van der Waals surface area contributed by atoms with E-state index in [0.29, 0.717) is 6.04 Å². The number of amidine groups is 1. The van der Waals surface area contributed by atoms with Gasteiger partial charge in [-0.15, -0.1) is 0 Å². The molecule has 0 saturated heterocycles. The highest BCUT2D eigenvalue weighted by molar-refractivity contribution is 8.14. The first-order chi connectivity index (χ1) is 8.76. The van der Waals surface area contributed by atoms with Crippen LogP contribution in [0.4, 0.5) is 5.69 Å². The molecule has 18 heavy (non-hydrogen) atoms. The van der Waals surface area contributed by atoms with Gasteiger partial charge in [-0.2, -0.15) is 0 Å². The SMILES string of the molecule is CCC1CSC(Nc2ccc(OC)cc2OC)=N1. The first-order valence-corrected chi connectivity index (χ1v) is 6.95. The van der Waals surface area contributed by atoms with Crippen LogP contribution in [0.15, 0.2) is 23.2 Å². The first-order valence-electron chi connectivity index (χ1n) is 5.96. The van der Waals surface area contributed by atoms with E-state index < -0.39 is 0 Å². The van der Waals surface area contributed by atoms with Gasteiger partial charge in [0.2, 0.25) is 0 Å². The third kappa shape index (κ3) is 2.90. The van der Waals surface area contributed by atoms with Gasteiger partial charge in [-0.1, -0.05) is 18.7 Å². The Morgan fingerprint density at radius 1 is 1.39 bits per heavy atom. The van der Waals surface area contributed by atoms with Gasteiger partial charge in [0, 0.05) is 11.8 Å². The summed E-state index contributed by atoms with van der Waals surface area (Å²) in [6, 6.07) is 6.14. The minimum atomic E-state index is 0.432. The number of rotatable bonds is 4. The van der Waals surface area contributed by atoms with Crippen LogP contribution in [-0.2, 0) is 0 Å². The van der Waals surface area contributed by atoms with Crippen LogP contribution in [0.2, 0.25) is 0 Å². The van der Waals surface area contributed by atoms with Crippen molar-refractivity contribution in [2.24, 2.45) is 4.99 Å². The van der Waals surface area contributed by atoms with Gasteiger partial charge in [0.25, 0.3) is 0 Å². The summed E-state index contributed by atoms with van der Waals surface area (Å²) in [4.78, 5) is 4.60. The van der Waals surface area contributed by atoms with Crippen LogP contribution < -0.4 is 14.8 Å². The number of hydrogen-bond acceptors (Lipinski definition) is 5. The Hall–Kier alpha value is -1.36. The molecule has 4 nitrogen and oxygen atoms in total. The molecular weight excluding hydrogens is 248 g/mol. The minimum Gasteiger partial charge on any atom is -0.497 e. The van der Waals surface area contributed by atoms with Gasteiger partial charge < -0.3 is 14.8 Å². The number of methoxy groups -OCH3 is 2. The van der Waals surface area contributed by atoms with Gasteiger partial charge >= 0.3 is 0 Å². The van der Waals surface area contributed by atoms with E-state index in [9.17, 15) is 0 Å². The van der Waals surface area contributed by atoms with Crippen molar-refractivity contribution in [3.63, 3.8) is 0 Å². The van der Waals surface area contributed by atoms with E-state index in [2.05, 4.69) is 17.2 Å². The summed E-state index contributed by atoms with van der Waals surface area (Å²) in [6.45, 7) is 2.16. The van der Waals surface area contributed by atoms with E-state index in [-0.39, 0.29) is 0 Å². The first kappa shape index (κ1) is 13.1. The standard InChI is InChI=1S/C13H18N2O2S/c1-4-9-8-18-13(14-9)15-11-6-5-10(16-2)7-12(11)17-3/h5-7,9H,4,8H2,1-3H3,(H,14,15). The van der Waals surface area contributed by atoms with Crippen molar-refractivity contribution < 1.29 is 9.47 Å². The van der Waals surface area contributed by atoms with Crippen LogP contribution in [0.25, 0.3) is 0 Å². The van der Waals surface area contributed by atoms with E-state index in [1.54, 1.807) is 26.0 Å². The van der Waals surface area contributed by atoms with Crippen LogP contribution in [0.3, 0.4) is 0 Å². The molecular formula is C13H18N2O2S. The molecule has 5 heteroatoms. The monoisotopic (exact) mass is 266 g/mol. The molecule has 2 rings (SSSR count). The largest absolute Gasteiger partial charge is 0.497 e. The number of aliphatic imine (C=N–C) groups is 1. The summed E-state index contributed by atoms with van der Waals surface area (Å²) in [5.41, 5.74) is 0.918. The summed E-state index contributed by atoms with van der Waals surface area (Å²) in [6.07, 6.45) is 1.08. The summed E-state index contributed by atoms with van der Waals surface area (Å²) in [7, 11) is 3.29. The molecule has 1 aromatic carbocycles. The third-order valence-electron chi connectivity index (χ3n) is 2.83. The Balaban J connectivity index is 2.14. The number of hydrogen-bond donors (Lipinski definition) is 1. The van der Waals surface area contributed by atoms with Crippen molar-refractivity contribution in [1.82, 2.24) is 0 Å². The molecule has 98 valence electrons. The van der Waals surface area contributed by atoms with Crippen molar-refractivity contribution in [2.45, 2.75) is 19.4 Å². The van der Waals surface area contributed by atoms with Crippen LogP contribution in [0.5, 0.6) is 11.5 Å². The maximum absolute atomic E-state index is 5.34. The lowest BCUT2D eigenvalue weighted by Gasteiger charge is -2.11. The summed E-state index contributed by atoms with van der Waals surface area (Å²) in [5.74, 6) is 2.60. The molecule has 0 radical (unpaired) electrons. The normalized spacial score (nSPS) is 18.4. The van der Waals surface area contributed by atoms with Crippen molar-refractivity contribution in [2.75, 3.05) is 25.3 Å². The smallest absolute Gasteiger partial charge is 0.161 e. The molecule has 1 aliphatic heterocycles. The fraction of sp³-hybridized carbons (Fsp3) is 0.462. The highest BCUT2D eigenvalue weighted by atomic mass is 32.2. The van der Waals surface area contributed by atoms with Crippen LogP contribution >= 0.6 is 11.8 Å².